The summed E-state index contributed by atoms with van der Waals surface area (Å²) in [5.74, 6) is -0.107. The van der Waals surface area contributed by atoms with Crippen LogP contribution in [-0.4, -0.2) is 27.5 Å². The summed E-state index contributed by atoms with van der Waals surface area (Å²) in [6.07, 6.45) is 0. The van der Waals surface area contributed by atoms with Crippen LogP contribution in [0.2, 0.25) is 0 Å². The molecular weight excluding hydrogens is 452 g/mol. The van der Waals surface area contributed by atoms with Crippen LogP contribution in [0, 0.1) is 20.8 Å². The van der Waals surface area contributed by atoms with Gasteiger partial charge in [-0.15, -0.1) is 0 Å². The van der Waals surface area contributed by atoms with Crippen molar-refractivity contribution in [1.29, 1.82) is 0 Å². The molecule has 3 rings (SSSR count). The Labute approximate surface area is 201 Å². The molecule has 0 aliphatic heterocycles. The lowest BCUT2D eigenvalue weighted by Gasteiger charge is -2.23. The Kier molecular flexibility index (Phi) is 7.96. The van der Waals surface area contributed by atoms with Crippen LogP contribution >= 0.6 is 0 Å². The zero-order valence-electron chi connectivity index (χ0n) is 19.9. The summed E-state index contributed by atoms with van der Waals surface area (Å²) in [6, 6.07) is 19.4. The van der Waals surface area contributed by atoms with E-state index in [0.29, 0.717) is 23.6 Å². The highest BCUT2D eigenvalue weighted by Gasteiger charge is 2.24. The first-order valence-electron chi connectivity index (χ1n) is 10.9. The minimum atomic E-state index is -4.17. The highest BCUT2D eigenvalue weighted by Crippen LogP contribution is 2.29. The van der Waals surface area contributed by atoms with E-state index in [2.05, 4.69) is 44.2 Å². The van der Waals surface area contributed by atoms with Gasteiger partial charge in [0.2, 0.25) is 0 Å². The van der Waals surface area contributed by atoms with Crippen LogP contribution in [0.4, 0.5) is 5.69 Å². The molecule has 34 heavy (non-hydrogen) atoms. The van der Waals surface area contributed by atoms with E-state index in [0.717, 1.165) is 15.4 Å². The fourth-order valence-corrected chi connectivity index (χ4v) is 4.65. The van der Waals surface area contributed by atoms with Crippen LogP contribution in [-0.2, 0) is 26.3 Å². The van der Waals surface area contributed by atoms with Crippen molar-refractivity contribution < 1.29 is 22.7 Å². The molecule has 0 fully saturated rings. The molecule has 0 saturated heterocycles. The number of hydrogen-bond donors (Lipinski definition) is 1. The molecule has 0 bridgehead atoms. The average Bonchev–Trinajstić information content (AvgIpc) is 2.76. The minimum absolute atomic E-state index is 0.146. The number of anilines is 1. The molecule has 0 atom stereocenters. The number of nitrogens with zero attached hydrogens (tertiary/aromatic N) is 1. The number of esters is 1. The number of nitrogens with two attached hydrogens (primary N) is 1. The zero-order chi connectivity index (χ0) is 24.9. The van der Waals surface area contributed by atoms with Crippen LogP contribution < -0.4 is 14.2 Å². The second-order valence-electron chi connectivity index (χ2n) is 8.06. The van der Waals surface area contributed by atoms with E-state index in [-0.39, 0.29) is 6.61 Å². The van der Waals surface area contributed by atoms with Crippen molar-refractivity contribution in [1.82, 2.24) is 0 Å². The van der Waals surface area contributed by atoms with Gasteiger partial charge < -0.3 is 9.47 Å². The predicted molar refractivity (Wildman–Crippen MR) is 134 cm³/mol. The van der Waals surface area contributed by atoms with Crippen LogP contribution in [0.1, 0.15) is 29.2 Å². The van der Waals surface area contributed by atoms with Gasteiger partial charge in [-0.05, 0) is 85.3 Å². The van der Waals surface area contributed by atoms with Gasteiger partial charge in [0.1, 0.15) is 18.9 Å². The Balaban J connectivity index is 1.78. The van der Waals surface area contributed by atoms with E-state index in [1.807, 2.05) is 12.1 Å². The lowest BCUT2D eigenvalue weighted by atomic mass is 9.95. The van der Waals surface area contributed by atoms with Gasteiger partial charge in [-0.3, -0.25) is 4.79 Å². The van der Waals surface area contributed by atoms with Crippen LogP contribution in [0.5, 0.6) is 5.75 Å². The van der Waals surface area contributed by atoms with Crippen molar-refractivity contribution in [3.8, 4) is 16.9 Å². The maximum atomic E-state index is 12.1. The van der Waals surface area contributed by atoms with E-state index in [9.17, 15) is 13.2 Å². The molecule has 0 aromatic heterocycles. The van der Waals surface area contributed by atoms with Crippen molar-refractivity contribution in [3.63, 3.8) is 0 Å². The number of carbonyl (C=O) groups excluding carboxylic acids is 1. The number of ether oxygens (including phenoxy) is 2. The van der Waals surface area contributed by atoms with Gasteiger partial charge in [0, 0.05) is 0 Å². The highest BCUT2D eigenvalue weighted by molar-refractivity contribution is 7.90. The second-order valence-corrected chi connectivity index (χ2v) is 9.53. The number of hydrogen-bond acceptors (Lipinski definition) is 5. The molecule has 7 nitrogen and oxygen atoms in total. The third-order valence-corrected chi connectivity index (χ3v) is 6.36. The van der Waals surface area contributed by atoms with Gasteiger partial charge >= 0.3 is 5.97 Å². The van der Waals surface area contributed by atoms with Crippen molar-refractivity contribution in [2.75, 3.05) is 17.5 Å². The minimum Gasteiger partial charge on any atom is -0.489 e. The van der Waals surface area contributed by atoms with Gasteiger partial charge in [0.15, 0.2) is 0 Å². The topological polar surface area (TPSA) is 98.9 Å². The molecule has 8 heteroatoms. The maximum Gasteiger partial charge on any atom is 0.326 e. The first kappa shape index (κ1) is 25.3. The number of carbonyl (C=O) groups is 1. The standard InChI is InChI=1S/C26H30N2O5S/c1-5-32-25(29)16-28(34(27,30)31)24-13-12-23(14-20(24)4)33-17-21-10-7-11-22(15-21)26-18(2)8-6-9-19(26)3/h6-15H,5,16-17H2,1-4H3,(H2,27,30,31). The first-order valence-corrected chi connectivity index (χ1v) is 12.5. The summed E-state index contributed by atoms with van der Waals surface area (Å²) in [7, 11) is -4.17. The molecule has 0 aliphatic rings. The quantitative estimate of drug-likeness (QED) is 0.455. The van der Waals surface area contributed by atoms with Crippen molar-refractivity contribution in [3.05, 3.63) is 82.9 Å². The van der Waals surface area contributed by atoms with Gasteiger partial charge in [-0.2, -0.15) is 8.42 Å². The molecule has 0 aliphatic carbocycles. The van der Waals surface area contributed by atoms with Gasteiger partial charge in [0.25, 0.3) is 10.2 Å². The number of rotatable bonds is 9. The highest BCUT2D eigenvalue weighted by atomic mass is 32.2. The van der Waals surface area contributed by atoms with E-state index >= 15 is 0 Å². The summed E-state index contributed by atoms with van der Waals surface area (Å²) < 4.78 is 35.8. The molecule has 0 heterocycles. The Morgan fingerprint density at radius 2 is 1.62 bits per heavy atom. The van der Waals surface area contributed by atoms with Gasteiger partial charge in [-0.25, -0.2) is 9.44 Å². The summed E-state index contributed by atoms with van der Waals surface area (Å²) in [5.41, 5.74) is 6.67. The van der Waals surface area contributed by atoms with Crippen molar-refractivity contribution >= 4 is 21.9 Å². The molecule has 0 amide bonds. The van der Waals surface area contributed by atoms with Crippen LogP contribution in [0.15, 0.2) is 60.7 Å². The molecule has 0 spiro atoms. The molecule has 0 radical (unpaired) electrons. The van der Waals surface area contributed by atoms with Crippen molar-refractivity contribution in [2.24, 2.45) is 5.14 Å². The van der Waals surface area contributed by atoms with E-state index < -0.39 is 22.7 Å². The smallest absolute Gasteiger partial charge is 0.326 e. The average molecular weight is 483 g/mol. The summed E-state index contributed by atoms with van der Waals surface area (Å²) in [6.45, 7) is 7.57. The van der Waals surface area contributed by atoms with Gasteiger partial charge in [0.05, 0.1) is 12.3 Å². The van der Waals surface area contributed by atoms with E-state index in [1.165, 1.54) is 16.7 Å². The summed E-state index contributed by atoms with van der Waals surface area (Å²) in [5, 5.41) is 5.34. The second kappa shape index (κ2) is 10.7. The van der Waals surface area contributed by atoms with Crippen LogP contribution in [0.25, 0.3) is 11.1 Å². The largest absolute Gasteiger partial charge is 0.489 e. The molecule has 0 unspecified atom stereocenters. The Hall–Kier alpha value is -3.36. The van der Waals surface area contributed by atoms with E-state index in [1.54, 1.807) is 32.0 Å². The molecular formula is C26H30N2O5S. The fourth-order valence-electron chi connectivity index (χ4n) is 3.89. The molecule has 180 valence electrons. The fraction of sp³-hybridized carbons (Fsp3) is 0.269. The Morgan fingerprint density at radius 3 is 2.24 bits per heavy atom. The van der Waals surface area contributed by atoms with Crippen LogP contribution in [0.3, 0.4) is 0 Å². The third-order valence-electron chi connectivity index (χ3n) is 5.42. The normalized spacial score (nSPS) is 11.2. The monoisotopic (exact) mass is 482 g/mol. The van der Waals surface area contributed by atoms with Gasteiger partial charge in [-0.1, -0.05) is 36.4 Å². The summed E-state index contributed by atoms with van der Waals surface area (Å²) in [4.78, 5) is 11.9. The number of aryl methyl sites for hydroxylation is 3. The molecule has 2 N–H and O–H groups in total. The van der Waals surface area contributed by atoms with E-state index in [4.69, 9.17) is 14.6 Å². The zero-order valence-corrected chi connectivity index (χ0v) is 20.7. The first-order chi connectivity index (χ1) is 16.1. The lowest BCUT2D eigenvalue weighted by Crippen LogP contribution is -2.41. The summed E-state index contributed by atoms with van der Waals surface area (Å²) >= 11 is 0. The maximum absolute atomic E-state index is 12.1. The molecule has 3 aromatic rings. The molecule has 0 saturated carbocycles. The lowest BCUT2D eigenvalue weighted by molar-refractivity contribution is -0.141. The number of benzene rings is 3. The Bertz CT molecular complexity index is 1270. The third kappa shape index (κ3) is 6.15. The predicted octanol–water partition coefficient (Wildman–Crippen LogP) is 4.43. The SMILES string of the molecule is CCOC(=O)CN(c1ccc(OCc2cccc(-c3c(C)cccc3C)c2)cc1C)S(N)(=O)=O. The Morgan fingerprint density at radius 1 is 0.941 bits per heavy atom. The van der Waals surface area contributed by atoms with Crippen molar-refractivity contribution in [2.45, 2.75) is 34.3 Å². The molecule has 3 aromatic carbocycles.